The van der Waals surface area contributed by atoms with Gasteiger partial charge in [0.2, 0.25) is 0 Å². The Morgan fingerprint density at radius 3 is 2.77 bits per heavy atom. The lowest BCUT2D eigenvalue weighted by atomic mass is 10.1. The molecule has 1 aromatic carbocycles. The molecule has 0 unspecified atom stereocenters. The van der Waals surface area contributed by atoms with Crippen molar-refractivity contribution < 1.29 is 0 Å². The van der Waals surface area contributed by atoms with Gasteiger partial charge in [-0.3, -0.25) is 4.99 Å². The normalized spacial score (nSPS) is 13.1. The fourth-order valence-corrected chi connectivity index (χ4v) is 2.73. The Balaban J connectivity index is 2.01. The van der Waals surface area contributed by atoms with E-state index in [0.29, 0.717) is 34.0 Å². The number of benzene rings is 1. The van der Waals surface area contributed by atoms with Gasteiger partial charge in [0.05, 0.1) is 16.4 Å². The second-order valence-corrected chi connectivity index (χ2v) is 5.45. The number of pyridine rings is 1. The van der Waals surface area contributed by atoms with Crippen LogP contribution in [0.5, 0.6) is 0 Å². The number of hydrogen-bond acceptors (Lipinski definition) is 5. The number of hydrogen-bond donors (Lipinski definition) is 0. The van der Waals surface area contributed by atoms with E-state index in [9.17, 15) is 0 Å². The van der Waals surface area contributed by atoms with E-state index < -0.39 is 0 Å². The molecule has 0 N–H and O–H groups in total. The van der Waals surface area contributed by atoms with Crippen LogP contribution in [-0.2, 0) is 6.54 Å². The monoisotopic (exact) mass is 330 g/mol. The van der Waals surface area contributed by atoms with Crippen LogP contribution in [-0.4, -0.2) is 30.9 Å². The predicted molar refractivity (Wildman–Crippen MR) is 82.8 cm³/mol. The van der Waals surface area contributed by atoms with Crippen LogP contribution in [0.25, 0.3) is 5.69 Å². The highest BCUT2D eigenvalue weighted by molar-refractivity contribution is 6.35. The Hall–Kier alpha value is -2.31. The Labute approximate surface area is 135 Å². The smallest absolute Gasteiger partial charge is 0.178 e. The minimum absolute atomic E-state index is 0.335. The average molecular weight is 331 g/mol. The lowest BCUT2D eigenvalue weighted by Gasteiger charge is -2.10. The molecule has 1 aliphatic rings. The van der Waals surface area contributed by atoms with Crippen LogP contribution in [0.3, 0.4) is 0 Å². The van der Waals surface area contributed by atoms with Crippen molar-refractivity contribution in [1.29, 1.82) is 0 Å². The van der Waals surface area contributed by atoms with Crippen molar-refractivity contribution in [2.24, 2.45) is 4.99 Å². The fourth-order valence-electron chi connectivity index (χ4n) is 2.36. The predicted octanol–water partition coefficient (Wildman–Crippen LogP) is 2.72. The van der Waals surface area contributed by atoms with Gasteiger partial charge in [-0.2, -0.15) is 4.68 Å². The van der Waals surface area contributed by atoms with E-state index in [1.54, 1.807) is 10.7 Å². The molecule has 0 atom stereocenters. The third kappa shape index (κ3) is 2.08. The van der Waals surface area contributed by atoms with E-state index in [0.717, 1.165) is 11.3 Å². The molecule has 8 heteroatoms. The first-order valence-corrected chi connectivity index (χ1v) is 7.23. The Morgan fingerprint density at radius 2 is 1.91 bits per heavy atom. The molecule has 1 aliphatic heterocycles. The van der Waals surface area contributed by atoms with Crippen LogP contribution in [0.1, 0.15) is 17.1 Å². The van der Waals surface area contributed by atoms with Crippen molar-refractivity contribution in [3.8, 4) is 5.69 Å². The Bertz CT molecular complexity index is 902. The highest BCUT2D eigenvalue weighted by Crippen LogP contribution is 2.26. The van der Waals surface area contributed by atoms with Crippen LogP contribution in [0.15, 0.2) is 41.4 Å². The summed E-state index contributed by atoms with van der Waals surface area (Å²) in [4.78, 5) is 9.01. The highest BCUT2D eigenvalue weighted by atomic mass is 35.5. The third-order valence-corrected chi connectivity index (χ3v) is 3.87. The van der Waals surface area contributed by atoms with Crippen molar-refractivity contribution in [1.82, 2.24) is 25.2 Å². The van der Waals surface area contributed by atoms with Crippen LogP contribution in [0.4, 0.5) is 0 Å². The number of fused-ring (bicyclic) bond motifs is 3. The molecule has 0 fully saturated rings. The minimum Gasteiger partial charge on any atom is -0.274 e. The lowest BCUT2D eigenvalue weighted by molar-refractivity contribution is 0.763. The summed E-state index contributed by atoms with van der Waals surface area (Å²) in [5, 5.41) is 12.7. The molecule has 0 spiro atoms. The molecule has 0 saturated heterocycles. The first-order chi connectivity index (χ1) is 10.7. The second kappa shape index (κ2) is 5.15. The minimum atomic E-state index is 0.335. The molecule has 3 heterocycles. The van der Waals surface area contributed by atoms with Gasteiger partial charge in [-0.1, -0.05) is 41.4 Å². The topological polar surface area (TPSA) is 68.8 Å². The number of aromatic nitrogens is 5. The van der Waals surface area contributed by atoms with Crippen molar-refractivity contribution in [2.45, 2.75) is 6.54 Å². The molecule has 0 amide bonds. The SMILES string of the molecule is Clc1ccc2c(n1)C(c1ccccc1Cl)=NCc1nnnn1-2. The van der Waals surface area contributed by atoms with Crippen molar-refractivity contribution in [2.75, 3.05) is 0 Å². The van der Waals surface area contributed by atoms with E-state index in [1.165, 1.54) is 0 Å². The van der Waals surface area contributed by atoms with E-state index in [-0.39, 0.29) is 0 Å². The van der Waals surface area contributed by atoms with Crippen LogP contribution in [0.2, 0.25) is 10.2 Å². The van der Waals surface area contributed by atoms with Gasteiger partial charge >= 0.3 is 0 Å². The second-order valence-electron chi connectivity index (χ2n) is 4.65. The summed E-state index contributed by atoms with van der Waals surface area (Å²) in [7, 11) is 0. The molecule has 0 bridgehead atoms. The van der Waals surface area contributed by atoms with Gasteiger partial charge in [0.25, 0.3) is 0 Å². The molecule has 2 aromatic heterocycles. The zero-order valence-corrected chi connectivity index (χ0v) is 12.6. The van der Waals surface area contributed by atoms with Gasteiger partial charge in [0.1, 0.15) is 17.4 Å². The molecule has 3 aromatic rings. The summed E-state index contributed by atoms with van der Waals surface area (Å²) < 4.78 is 1.62. The zero-order chi connectivity index (χ0) is 15.1. The number of halogens is 2. The molecule has 108 valence electrons. The quantitative estimate of drug-likeness (QED) is 0.643. The molecular weight excluding hydrogens is 323 g/mol. The number of rotatable bonds is 1. The van der Waals surface area contributed by atoms with Crippen LogP contribution < -0.4 is 0 Å². The van der Waals surface area contributed by atoms with E-state index >= 15 is 0 Å². The molecule has 0 saturated carbocycles. The Kier molecular flexibility index (Phi) is 3.13. The van der Waals surface area contributed by atoms with Gasteiger partial charge in [-0.15, -0.1) is 5.10 Å². The number of nitrogens with zero attached hydrogens (tertiary/aromatic N) is 6. The van der Waals surface area contributed by atoms with Crippen LogP contribution in [0, 0.1) is 0 Å². The van der Waals surface area contributed by atoms with E-state index in [4.69, 9.17) is 23.2 Å². The summed E-state index contributed by atoms with van der Waals surface area (Å²) in [5.41, 5.74) is 2.78. The maximum absolute atomic E-state index is 6.31. The van der Waals surface area contributed by atoms with Gasteiger partial charge in [0.15, 0.2) is 5.82 Å². The molecule has 22 heavy (non-hydrogen) atoms. The van der Waals surface area contributed by atoms with Gasteiger partial charge in [-0.05, 0) is 28.6 Å². The molecule has 6 nitrogen and oxygen atoms in total. The lowest BCUT2D eigenvalue weighted by Crippen LogP contribution is -2.11. The average Bonchev–Trinajstić information content (AvgIpc) is 2.92. The summed E-state index contributed by atoms with van der Waals surface area (Å²) in [6.07, 6.45) is 0. The first kappa shape index (κ1) is 13.4. The van der Waals surface area contributed by atoms with Crippen molar-refractivity contribution in [3.05, 3.63) is 63.7 Å². The first-order valence-electron chi connectivity index (χ1n) is 6.48. The fraction of sp³-hybridized carbons (Fsp3) is 0.0714. The van der Waals surface area contributed by atoms with Crippen LogP contribution >= 0.6 is 23.2 Å². The maximum Gasteiger partial charge on any atom is 0.178 e. The molecule has 0 aliphatic carbocycles. The molecule has 4 rings (SSSR count). The van der Waals surface area contributed by atoms with E-state index in [2.05, 4.69) is 25.5 Å². The zero-order valence-electron chi connectivity index (χ0n) is 11.1. The summed E-state index contributed by atoms with van der Waals surface area (Å²) in [5.74, 6) is 0.632. The summed E-state index contributed by atoms with van der Waals surface area (Å²) in [6, 6.07) is 11.0. The third-order valence-electron chi connectivity index (χ3n) is 3.33. The summed E-state index contributed by atoms with van der Waals surface area (Å²) >= 11 is 12.4. The van der Waals surface area contributed by atoms with Gasteiger partial charge in [-0.25, -0.2) is 4.98 Å². The number of tetrazole rings is 1. The van der Waals surface area contributed by atoms with Gasteiger partial charge < -0.3 is 0 Å². The molecule has 0 radical (unpaired) electrons. The van der Waals surface area contributed by atoms with Crippen molar-refractivity contribution >= 4 is 28.9 Å². The van der Waals surface area contributed by atoms with E-state index in [1.807, 2.05) is 30.3 Å². The molecular formula is C14H8Cl2N6. The number of aliphatic imine (C=N–C) groups is 1. The highest BCUT2D eigenvalue weighted by Gasteiger charge is 2.23. The maximum atomic E-state index is 6.31. The van der Waals surface area contributed by atoms with Gasteiger partial charge in [0, 0.05) is 5.56 Å². The Morgan fingerprint density at radius 1 is 1.05 bits per heavy atom. The summed E-state index contributed by atoms with van der Waals surface area (Å²) in [6.45, 7) is 0.335. The largest absolute Gasteiger partial charge is 0.274 e. The standard InChI is InChI=1S/C14H8Cl2N6/c15-9-4-2-1-3-8(9)13-14-10(5-6-11(16)18-14)22-12(7-17-13)19-20-21-22/h1-6H,7H2. The van der Waals surface area contributed by atoms with Crippen molar-refractivity contribution in [3.63, 3.8) is 0 Å².